The number of nitrogens with one attached hydrogen (secondary N) is 4. The number of hydrogen-bond donors (Lipinski definition) is 4. The van der Waals surface area contributed by atoms with Crippen molar-refractivity contribution in [3.63, 3.8) is 0 Å². The molecule has 2 saturated heterocycles. The predicted molar refractivity (Wildman–Crippen MR) is 224 cm³/mol. The highest BCUT2D eigenvalue weighted by Gasteiger charge is 2.41. The second-order valence-corrected chi connectivity index (χ2v) is 15.3. The molecule has 0 saturated carbocycles. The molecule has 0 aliphatic carbocycles. The van der Waals surface area contributed by atoms with E-state index in [1.807, 2.05) is 37.3 Å². The van der Waals surface area contributed by atoms with Crippen molar-refractivity contribution in [1.29, 1.82) is 0 Å². The lowest BCUT2D eigenvalue weighted by molar-refractivity contribution is -0.142. The summed E-state index contributed by atoms with van der Waals surface area (Å²) >= 11 is 0. The van der Waals surface area contributed by atoms with Crippen LogP contribution in [-0.2, 0) is 33.3 Å². The van der Waals surface area contributed by atoms with Crippen LogP contribution < -0.4 is 16.0 Å². The summed E-state index contributed by atoms with van der Waals surface area (Å²) in [6.45, 7) is 6.24. The molecule has 16 nitrogen and oxygen atoms in total. The van der Waals surface area contributed by atoms with E-state index in [2.05, 4.69) is 56.3 Å². The fourth-order valence-electron chi connectivity index (χ4n) is 7.98. The fourth-order valence-corrected chi connectivity index (χ4v) is 7.98. The van der Waals surface area contributed by atoms with Gasteiger partial charge in [-0.15, -0.1) is 0 Å². The van der Waals surface area contributed by atoms with Crippen LogP contribution in [-0.4, -0.2) is 122 Å². The summed E-state index contributed by atoms with van der Waals surface area (Å²) in [6.07, 6.45) is 1.84. The molecule has 1 aromatic heterocycles. The van der Waals surface area contributed by atoms with Crippen LogP contribution in [0.15, 0.2) is 66.9 Å². The van der Waals surface area contributed by atoms with Gasteiger partial charge in [-0.2, -0.15) is 0 Å². The molecule has 2 aliphatic rings. The minimum atomic E-state index is -0.999. The summed E-state index contributed by atoms with van der Waals surface area (Å²) in [5.41, 5.74) is 4.75. The molecule has 6 rings (SSSR count). The Morgan fingerprint density at radius 3 is 1.82 bits per heavy atom. The number of carbonyl (C=O) groups is 5. The zero-order valence-electron chi connectivity index (χ0n) is 35.2. The van der Waals surface area contributed by atoms with Gasteiger partial charge in [0.1, 0.15) is 23.9 Å². The van der Waals surface area contributed by atoms with Crippen LogP contribution in [0.5, 0.6) is 0 Å². The number of ether oxygens (including phenoxy) is 4. The van der Waals surface area contributed by atoms with Gasteiger partial charge in [0, 0.05) is 32.9 Å². The molecule has 0 radical (unpaired) electrons. The fraction of sp³-hybridized carbons (Fsp3) is 0.455. The number of methoxy groups -OCH3 is 4. The van der Waals surface area contributed by atoms with Crippen LogP contribution in [0.2, 0.25) is 0 Å². The van der Waals surface area contributed by atoms with Crippen LogP contribution in [0.4, 0.5) is 9.59 Å². The number of H-pyrrole nitrogens is 1. The molecular formula is C44H55N7O9. The van der Waals surface area contributed by atoms with Gasteiger partial charge in [-0.1, -0.05) is 48.5 Å². The second-order valence-electron chi connectivity index (χ2n) is 15.3. The lowest BCUT2D eigenvalue weighted by Gasteiger charge is -2.31. The zero-order chi connectivity index (χ0) is 43.1. The normalized spacial score (nSPS) is 18.9. The first kappa shape index (κ1) is 43.6. The number of hydrogen-bond acceptors (Lipinski definition) is 10. The average Bonchev–Trinajstić information content (AvgIpc) is 4.08. The summed E-state index contributed by atoms with van der Waals surface area (Å²) in [7, 11) is 5.42. The molecular weight excluding hydrogens is 771 g/mol. The molecule has 60 heavy (non-hydrogen) atoms. The van der Waals surface area contributed by atoms with Gasteiger partial charge in [0.2, 0.25) is 17.7 Å². The maximum atomic E-state index is 13.7. The first-order valence-corrected chi connectivity index (χ1v) is 20.2. The number of likely N-dealkylation sites (tertiary alicyclic amines) is 2. The van der Waals surface area contributed by atoms with Gasteiger partial charge in [-0.3, -0.25) is 14.4 Å². The Kier molecular flexibility index (Phi) is 14.1. The van der Waals surface area contributed by atoms with Crippen LogP contribution in [0.1, 0.15) is 69.9 Å². The van der Waals surface area contributed by atoms with Gasteiger partial charge in [-0.25, -0.2) is 14.6 Å². The molecule has 0 spiro atoms. The quantitative estimate of drug-likeness (QED) is 0.131. The number of imidazole rings is 1. The molecule has 5 amide bonds. The number of amides is 5. The number of rotatable bonds is 14. The molecule has 7 atom stereocenters. The molecule has 4 N–H and O–H groups in total. The molecule has 16 heteroatoms. The number of alkyl carbamates (subject to hydrolysis) is 2. The number of carbonyl (C=O) groups excluding carboxylic acids is 5. The minimum absolute atomic E-state index is 0.256. The molecule has 0 unspecified atom stereocenters. The Morgan fingerprint density at radius 1 is 0.683 bits per heavy atom. The van der Waals surface area contributed by atoms with Crippen molar-refractivity contribution in [2.24, 2.45) is 0 Å². The Labute approximate surface area is 349 Å². The van der Waals surface area contributed by atoms with E-state index in [0.717, 1.165) is 51.6 Å². The van der Waals surface area contributed by atoms with Gasteiger partial charge in [0.25, 0.3) is 0 Å². The topological polar surface area (TPSA) is 194 Å². The highest BCUT2D eigenvalue weighted by molar-refractivity contribution is 5.93. The Bertz CT molecular complexity index is 2180. The Balaban J connectivity index is 1.10. The van der Waals surface area contributed by atoms with Crippen LogP contribution in [0.3, 0.4) is 0 Å². The zero-order valence-corrected chi connectivity index (χ0v) is 35.2. The van der Waals surface area contributed by atoms with Gasteiger partial charge in [-0.05, 0) is 86.1 Å². The van der Waals surface area contributed by atoms with E-state index in [0.29, 0.717) is 31.8 Å². The van der Waals surface area contributed by atoms with E-state index in [1.165, 1.54) is 33.3 Å². The van der Waals surface area contributed by atoms with Gasteiger partial charge in [0.15, 0.2) is 0 Å². The van der Waals surface area contributed by atoms with Crippen LogP contribution in [0.25, 0.3) is 33.2 Å². The first-order valence-electron chi connectivity index (χ1n) is 20.2. The molecule has 4 aromatic rings. The second kappa shape index (κ2) is 19.4. The monoisotopic (exact) mass is 825 g/mol. The third-order valence-corrected chi connectivity index (χ3v) is 11.7. The lowest BCUT2D eigenvalue weighted by Crippen LogP contribution is -2.57. The van der Waals surface area contributed by atoms with E-state index in [1.54, 1.807) is 24.9 Å². The lowest BCUT2D eigenvalue weighted by atomic mass is 9.97. The number of nitrogens with zero attached hydrogens (tertiary/aromatic N) is 3. The van der Waals surface area contributed by atoms with Crippen molar-refractivity contribution >= 4 is 40.7 Å². The standard InChI is InChI=1S/C44H55N7O9/c1-25(46-40(52)36-11-9-21-51(36)42(54)38(27(3)58-5)49-44(56)60-7)28-12-14-29(15-13-28)30-16-17-32-23-33(19-18-31(32)22-30)34-24-45-39(47-34)35-10-8-20-50(35)41(53)37(26(2)57-4)48-43(55)59-6/h12-19,22-27,35-38H,8-11,20-21H2,1-7H3,(H,45,47)(H,46,52)(H,48,55)(H,49,56)/t25-,26-,27-,35+,36+,37+,38+/m1/s1. The van der Waals surface area contributed by atoms with Crippen molar-refractivity contribution in [3.05, 3.63) is 78.2 Å². The van der Waals surface area contributed by atoms with E-state index in [4.69, 9.17) is 18.9 Å². The summed E-state index contributed by atoms with van der Waals surface area (Å²) in [4.78, 5) is 76.1. The molecule has 3 aromatic carbocycles. The van der Waals surface area contributed by atoms with Gasteiger partial charge >= 0.3 is 12.2 Å². The SMILES string of the molecule is COC(=O)N[C@H](C(=O)N1CCC[C@H]1C(=O)N[C@H](C)c1ccc(-c2ccc3cc(-c4cnc([C@@H]5CCCN5C(=O)[C@@H](NC(=O)OC)[C@@H](C)OC)[nH]4)ccc3c2)cc1)[C@@H](C)OC. The summed E-state index contributed by atoms with van der Waals surface area (Å²) in [6, 6.07) is 17.4. The molecule has 2 fully saturated rings. The van der Waals surface area contributed by atoms with E-state index >= 15 is 0 Å². The Morgan fingerprint density at radius 2 is 1.22 bits per heavy atom. The van der Waals surface area contributed by atoms with E-state index in [9.17, 15) is 24.0 Å². The van der Waals surface area contributed by atoms with Crippen LogP contribution >= 0.6 is 0 Å². The Hall–Kier alpha value is -6.00. The molecule has 320 valence electrons. The number of aromatic amines is 1. The van der Waals surface area contributed by atoms with Gasteiger partial charge in [0.05, 0.1) is 50.4 Å². The largest absolute Gasteiger partial charge is 0.453 e. The highest BCUT2D eigenvalue weighted by Crippen LogP contribution is 2.34. The number of aromatic nitrogens is 2. The van der Waals surface area contributed by atoms with Crippen molar-refractivity contribution in [2.45, 2.75) is 88.9 Å². The molecule has 2 aliphatic heterocycles. The van der Waals surface area contributed by atoms with Crippen molar-refractivity contribution in [1.82, 2.24) is 35.7 Å². The maximum Gasteiger partial charge on any atom is 0.407 e. The summed E-state index contributed by atoms with van der Waals surface area (Å²) in [5, 5.41) is 10.4. The van der Waals surface area contributed by atoms with E-state index in [-0.39, 0.29) is 23.9 Å². The van der Waals surface area contributed by atoms with E-state index < -0.39 is 48.4 Å². The first-order chi connectivity index (χ1) is 28.9. The smallest absolute Gasteiger partial charge is 0.407 e. The van der Waals surface area contributed by atoms with Crippen molar-refractivity contribution < 1.29 is 42.9 Å². The van der Waals surface area contributed by atoms with Crippen LogP contribution in [0, 0.1) is 0 Å². The number of benzene rings is 3. The third kappa shape index (κ3) is 9.55. The molecule has 0 bridgehead atoms. The van der Waals surface area contributed by atoms with Gasteiger partial charge < -0.3 is 49.7 Å². The van der Waals surface area contributed by atoms with Crippen molar-refractivity contribution in [2.75, 3.05) is 41.5 Å². The minimum Gasteiger partial charge on any atom is -0.453 e. The predicted octanol–water partition coefficient (Wildman–Crippen LogP) is 5.25. The summed E-state index contributed by atoms with van der Waals surface area (Å²) < 4.78 is 20.2. The highest BCUT2D eigenvalue weighted by atomic mass is 16.5. The molecule has 3 heterocycles. The average molecular weight is 826 g/mol. The summed E-state index contributed by atoms with van der Waals surface area (Å²) in [5.74, 6) is -0.233. The number of fused-ring (bicyclic) bond motifs is 1. The maximum absolute atomic E-state index is 13.7. The van der Waals surface area contributed by atoms with Crippen molar-refractivity contribution in [3.8, 4) is 22.4 Å². The third-order valence-electron chi connectivity index (χ3n) is 11.7.